The topological polar surface area (TPSA) is 94.9 Å². The Morgan fingerprint density at radius 3 is 2.32 bits per heavy atom. The SMILES string of the molecule is COc1cc(C(=O)NC(C)c2nc3ccccc3n2CC(=O)N(C)C2CCCCC2)cc(OC)c1OC. The molecule has 0 bridgehead atoms. The molecule has 198 valence electrons. The van der Waals surface area contributed by atoms with Gasteiger partial charge in [-0.2, -0.15) is 0 Å². The molecule has 2 amide bonds. The number of carbonyl (C=O) groups excluding carboxylic acids is 2. The average molecular weight is 509 g/mol. The summed E-state index contributed by atoms with van der Waals surface area (Å²) in [6.07, 6.45) is 5.64. The van der Waals surface area contributed by atoms with Gasteiger partial charge in [-0.3, -0.25) is 9.59 Å². The monoisotopic (exact) mass is 508 g/mol. The molecular weight excluding hydrogens is 472 g/mol. The molecule has 9 nitrogen and oxygen atoms in total. The Balaban J connectivity index is 1.60. The molecule has 1 aliphatic carbocycles. The second-order valence-electron chi connectivity index (χ2n) is 9.45. The van der Waals surface area contributed by atoms with E-state index in [9.17, 15) is 9.59 Å². The van der Waals surface area contributed by atoms with Gasteiger partial charge in [-0.1, -0.05) is 31.4 Å². The summed E-state index contributed by atoms with van der Waals surface area (Å²) < 4.78 is 18.1. The van der Waals surface area contributed by atoms with Crippen molar-refractivity contribution in [3.8, 4) is 17.2 Å². The largest absolute Gasteiger partial charge is 0.493 e. The van der Waals surface area contributed by atoms with Crippen molar-refractivity contribution in [1.82, 2.24) is 19.8 Å². The third-order valence-corrected chi connectivity index (χ3v) is 7.16. The van der Waals surface area contributed by atoms with E-state index in [1.807, 2.05) is 47.7 Å². The Morgan fingerprint density at radius 2 is 1.70 bits per heavy atom. The lowest BCUT2D eigenvalue weighted by atomic mass is 9.94. The van der Waals surface area contributed by atoms with E-state index in [0.29, 0.717) is 28.6 Å². The van der Waals surface area contributed by atoms with Crippen LogP contribution in [-0.4, -0.2) is 60.7 Å². The molecule has 1 aromatic heterocycles. The van der Waals surface area contributed by atoms with Crippen molar-refractivity contribution in [3.05, 3.63) is 47.8 Å². The zero-order valence-corrected chi connectivity index (χ0v) is 22.2. The van der Waals surface area contributed by atoms with Crippen LogP contribution >= 0.6 is 0 Å². The van der Waals surface area contributed by atoms with Gasteiger partial charge < -0.3 is 29.0 Å². The molecule has 0 radical (unpaired) electrons. The Morgan fingerprint density at radius 1 is 1.05 bits per heavy atom. The lowest BCUT2D eigenvalue weighted by Crippen LogP contribution is -2.40. The number of aromatic nitrogens is 2. The van der Waals surface area contributed by atoms with Crippen molar-refractivity contribution in [2.75, 3.05) is 28.4 Å². The van der Waals surface area contributed by atoms with Gasteiger partial charge in [-0.15, -0.1) is 0 Å². The predicted molar refractivity (Wildman–Crippen MR) is 141 cm³/mol. The fourth-order valence-electron chi connectivity index (χ4n) is 5.07. The summed E-state index contributed by atoms with van der Waals surface area (Å²) in [4.78, 5) is 33.2. The minimum absolute atomic E-state index is 0.0412. The highest BCUT2D eigenvalue weighted by molar-refractivity contribution is 5.96. The van der Waals surface area contributed by atoms with E-state index in [2.05, 4.69) is 5.32 Å². The molecule has 37 heavy (non-hydrogen) atoms. The van der Waals surface area contributed by atoms with E-state index < -0.39 is 6.04 Å². The summed E-state index contributed by atoms with van der Waals surface area (Å²) in [7, 11) is 6.42. The summed E-state index contributed by atoms with van der Waals surface area (Å²) in [5.74, 6) is 1.53. The van der Waals surface area contributed by atoms with Crippen LogP contribution in [0.25, 0.3) is 11.0 Å². The van der Waals surface area contributed by atoms with Crippen LogP contribution in [-0.2, 0) is 11.3 Å². The summed E-state index contributed by atoms with van der Waals surface area (Å²) >= 11 is 0. The van der Waals surface area contributed by atoms with Crippen molar-refractivity contribution in [2.24, 2.45) is 0 Å². The van der Waals surface area contributed by atoms with E-state index >= 15 is 0 Å². The van der Waals surface area contributed by atoms with Crippen LogP contribution in [0.2, 0.25) is 0 Å². The van der Waals surface area contributed by atoms with E-state index in [1.54, 1.807) is 12.1 Å². The first-order valence-corrected chi connectivity index (χ1v) is 12.7. The average Bonchev–Trinajstić information content (AvgIpc) is 3.30. The van der Waals surface area contributed by atoms with Gasteiger partial charge in [0.2, 0.25) is 11.7 Å². The smallest absolute Gasteiger partial charge is 0.252 e. The van der Waals surface area contributed by atoms with Crippen LogP contribution in [0.4, 0.5) is 0 Å². The number of hydrogen-bond donors (Lipinski definition) is 1. The fraction of sp³-hybridized carbons (Fsp3) is 0.464. The molecule has 1 aliphatic rings. The molecule has 1 N–H and O–H groups in total. The van der Waals surface area contributed by atoms with Gasteiger partial charge in [-0.05, 0) is 44.0 Å². The van der Waals surface area contributed by atoms with Crippen LogP contribution in [0.1, 0.15) is 61.3 Å². The normalized spacial score (nSPS) is 14.7. The fourth-order valence-corrected chi connectivity index (χ4v) is 5.07. The van der Waals surface area contributed by atoms with Gasteiger partial charge >= 0.3 is 0 Å². The van der Waals surface area contributed by atoms with Crippen molar-refractivity contribution in [2.45, 2.75) is 57.7 Å². The first-order valence-electron chi connectivity index (χ1n) is 12.7. The summed E-state index contributed by atoms with van der Waals surface area (Å²) in [6.45, 7) is 2.02. The second-order valence-corrected chi connectivity index (χ2v) is 9.45. The summed E-state index contributed by atoms with van der Waals surface area (Å²) in [5, 5.41) is 3.02. The Hall–Kier alpha value is -3.75. The van der Waals surface area contributed by atoms with Gasteiger partial charge in [0.25, 0.3) is 5.91 Å². The van der Waals surface area contributed by atoms with Crippen LogP contribution < -0.4 is 19.5 Å². The van der Waals surface area contributed by atoms with Gasteiger partial charge in [0.05, 0.1) is 38.4 Å². The van der Waals surface area contributed by atoms with E-state index in [4.69, 9.17) is 19.2 Å². The number of likely N-dealkylation sites (N-methyl/N-ethyl adjacent to an activating group) is 1. The number of benzene rings is 2. The lowest BCUT2D eigenvalue weighted by molar-refractivity contribution is -0.133. The molecule has 9 heteroatoms. The quantitative estimate of drug-likeness (QED) is 0.462. The molecule has 0 saturated heterocycles. The molecule has 1 heterocycles. The highest BCUT2D eigenvalue weighted by atomic mass is 16.5. The summed E-state index contributed by atoms with van der Waals surface area (Å²) in [5.41, 5.74) is 1.99. The minimum Gasteiger partial charge on any atom is -0.493 e. The van der Waals surface area contributed by atoms with Crippen LogP contribution in [0.15, 0.2) is 36.4 Å². The van der Waals surface area contributed by atoms with E-state index in [-0.39, 0.29) is 24.4 Å². The van der Waals surface area contributed by atoms with Gasteiger partial charge in [0.1, 0.15) is 12.4 Å². The third kappa shape index (κ3) is 5.50. The minimum atomic E-state index is -0.466. The predicted octanol–water partition coefficient (Wildman–Crippen LogP) is 4.34. The standard InChI is InChI=1S/C28H36N4O5/c1-18(29-28(34)19-15-23(35-3)26(37-5)24(16-19)36-4)27-30-21-13-9-10-14-22(21)32(27)17-25(33)31(2)20-11-7-6-8-12-20/h9-10,13-16,18,20H,6-8,11-12,17H2,1-5H3,(H,29,34). The van der Waals surface area contributed by atoms with Crippen LogP contribution in [0.3, 0.4) is 0 Å². The number of rotatable bonds is 9. The number of carbonyl (C=O) groups is 2. The van der Waals surface area contributed by atoms with Crippen LogP contribution in [0, 0.1) is 0 Å². The molecule has 1 saturated carbocycles. The number of ether oxygens (including phenoxy) is 3. The number of para-hydroxylation sites is 2. The van der Waals surface area contributed by atoms with Crippen LogP contribution in [0.5, 0.6) is 17.2 Å². The maximum absolute atomic E-state index is 13.3. The Bertz CT molecular complexity index is 1240. The highest BCUT2D eigenvalue weighted by Crippen LogP contribution is 2.38. The zero-order chi connectivity index (χ0) is 26.5. The molecule has 1 fully saturated rings. The molecule has 1 atom stereocenters. The maximum Gasteiger partial charge on any atom is 0.252 e. The lowest BCUT2D eigenvalue weighted by Gasteiger charge is -2.31. The number of amides is 2. The van der Waals surface area contributed by atoms with E-state index in [1.165, 1.54) is 27.8 Å². The number of fused-ring (bicyclic) bond motifs is 1. The van der Waals surface area contributed by atoms with Crippen molar-refractivity contribution in [3.63, 3.8) is 0 Å². The number of imidazole rings is 1. The first-order chi connectivity index (χ1) is 17.9. The number of hydrogen-bond acceptors (Lipinski definition) is 6. The van der Waals surface area contributed by atoms with E-state index in [0.717, 1.165) is 36.7 Å². The third-order valence-electron chi connectivity index (χ3n) is 7.16. The highest BCUT2D eigenvalue weighted by Gasteiger charge is 2.26. The number of nitrogens with one attached hydrogen (secondary N) is 1. The molecular formula is C28H36N4O5. The Kier molecular flexibility index (Phi) is 8.21. The number of methoxy groups -OCH3 is 3. The maximum atomic E-state index is 13.3. The van der Waals surface area contributed by atoms with Gasteiger partial charge in [0.15, 0.2) is 11.5 Å². The molecule has 2 aromatic carbocycles. The van der Waals surface area contributed by atoms with Gasteiger partial charge in [-0.25, -0.2) is 4.98 Å². The molecule has 0 aliphatic heterocycles. The Labute approximate surface area is 217 Å². The van der Waals surface area contributed by atoms with Gasteiger partial charge in [0, 0.05) is 18.7 Å². The molecule has 0 spiro atoms. The van der Waals surface area contributed by atoms with Crippen molar-refractivity contribution >= 4 is 22.8 Å². The molecule has 4 rings (SSSR count). The molecule has 1 unspecified atom stereocenters. The second kappa shape index (κ2) is 11.5. The molecule has 3 aromatic rings. The first kappa shape index (κ1) is 26.3. The van der Waals surface area contributed by atoms with Crippen molar-refractivity contribution in [1.29, 1.82) is 0 Å². The number of nitrogens with zero attached hydrogens (tertiary/aromatic N) is 3. The zero-order valence-electron chi connectivity index (χ0n) is 22.2. The summed E-state index contributed by atoms with van der Waals surface area (Å²) in [6, 6.07) is 10.7. The van der Waals surface area contributed by atoms with Crippen molar-refractivity contribution < 1.29 is 23.8 Å².